The van der Waals surface area contributed by atoms with Gasteiger partial charge in [0.1, 0.15) is 10.7 Å². The summed E-state index contributed by atoms with van der Waals surface area (Å²) < 4.78 is 19.6. The maximum Gasteiger partial charge on any atom is 0.355 e. The van der Waals surface area contributed by atoms with Crippen molar-refractivity contribution in [3.8, 4) is 5.75 Å². The standard InChI is InChI=1S/C35H34FN5O7S/c36-26-17-25(30(37)38)11-12-27(26)48-32(45)28-20-39-34(49-28)40-15-13-24(14-16-40)31(44)41(21-23-9-5-2-6-10-23)35(33(46)47,19-29(42)43)18-22-7-3-1-4-8-22/h1-12,17,20,24H,13-16,18-19,21H2,(H3,37,38)(H,42,43)(H,46,47)/t35-/m0/s1. The van der Waals surface area contributed by atoms with Gasteiger partial charge in [0.25, 0.3) is 0 Å². The highest BCUT2D eigenvalue weighted by Gasteiger charge is 2.50. The molecular formula is C35H34FN5O7S. The van der Waals surface area contributed by atoms with E-state index < -0.39 is 47.5 Å². The summed E-state index contributed by atoms with van der Waals surface area (Å²) in [6, 6.07) is 21.1. The molecule has 5 N–H and O–H groups in total. The van der Waals surface area contributed by atoms with Crippen molar-refractivity contribution in [3.05, 3.63) is 112 Å². The molecule has 0 unspecified atom stereocenters. The Morgan fingerprint density at radius 2 is 1.63 bits per heavy atom. The molecule has 1 fully saturated rings. The molecule has 0 bridgehead atoms. The fourth-order valence-electron chi connectivity index (χ4n) is 5.85. The number of esters is 1. The highest BCUT2D eigenvalue weighted by Crippen LogP contribution is 2.34. The van der Waals surface area contributed by atoms with E-state index in [0.717, 1.165) is 17.4 Å². The Hall–Kier alpha value is -5.63. The molecule has 12 nitrogen and oxygen atoms in total. The van der Waals surface area contributed by atoms with Crippen molar-refractivity contribution < 1.29 is 38.5 Å². The molecular weight excluding hydrogens is 653 g/mol. The second kappa shape index (κ2) is 15.1. The zero-order chi connectivity index (χ0) is 35.1. The summed E-state index contributed by atoms with van der Waals surface area (Å²) in [6.07, 6.45) is 0.976. The lowest BCUT2D eigenvalue weighted by atomic mass is 9.83. The number of amides is 1. The Labute approximate surface area is 285 Å². The van der Waals surface area contributed by atoms with Gasteiger partial charge in [-0.2, -0.15) is 0 Å². The Morgan fingerprint density at radius 3 is 2.20 bits per heavy atom. The van der Waals surface area contributed by atoms with Gasteiger partial charge in [0, 0.05) is 37.5 Å². The van der Waals surface area contributed by atoms with Gasteiger partial charge < -0.3 is 30.5 Å². The van der Waals surface area contributed by atoms with E-state index in [1.165, 1.54) is 23.2 Å². The minimum Gasteiger partial charge on any atom is -0.481 e. The van der Waals surface area contributed by atoms with Crippen LogP contribution >= 0.6 is 11.3 Å². The summed E-state index contributed by atoms with van der Waals surface area (Å²) in [6.45, 7) is 0.620. The number of aliphatic carboxylic acids is 2. The van der Waals surface area contributed by atoms with Gasteiger partial charge in [-0.3, -0.25) is 15.0 Å². The Kier molecular flexibility index (Phi) is 10.7. The molecule has 1 amide bonds. The molecule has 4 aromatic rings. The maximum atomic E-state index is 14.4. The lowest BCUT2D eigenvalue weighted by molar-refractivity contribution is -0.167. The number of carbonyl (C=O) groups is 4. The van der Waals surface area contributed by atoms with Crippen LogP contribution in [0.15, 0.2) is 85.1 Å². The topological polar surface area (TPSA) is 187 Å². The van der Waals surface area contributed by atoms with Crippen LogP contribution < -0.4 is 15.4 Å². The summed E-state index contributed by atoms with van der Waals surface area (Å²) in [5.41, 5.74) is 4.71. The smallest absolute Gasteiger partial charge is 0.355 e. The number of hydrogen-bond acceptors (Lipinski definition) is 9. The third-order valence-electron chi connectivity index (χ3n) is 8.40. The molecule has 0 aliphatic carbocycles. The average Bonchev–Trinajstić information content (AvgIpc) is 3.59. The number of aromatic nitrogens is 1. The van der Waals surface area contributed by atoms with E-state index >= 15 is 0 Å². The van der Waals surface area contributed by atoms with Crippen LogP contribution in [0, 0.1) is 17.1 Å². The number of ether oxygens (including phenoxy) is 1. The number of piperidine rings is 1. The largest absolute Gasteiger partial charge is 0.481 e. The molecule has 1 saturated heterocycles. The van der Waals surface area contributed by atoms with Crippen LogP contribution in [-0.2, 0) is 27.3 Å². The van der Waals surface area contributed by atoms with Crippen LogP contribution in [0.2, 0.25) is 0 Å². The minimum absolute atomic E-state index is 0.0949. The number of anilines is 1. The molecule has 1 aliphatic rings. The van der Waals surface area contributed by atoms with E-state index in [9.17, 15) is 33.8 Å². The number of hydrogen-bond donors (Lipinski definition) is 4. The van der Waals surface area contributed by atoms with Gasteiger partial charge in [0.05, 0.1) is 12.6 Å². The van der Waals surface area contributed by atoms with Crippen molar-refractivity contribution in [1.29, 1.82) is 5.41 Å². The average molecular weight is 688 g/mol. The zero-order valence-corrected chi connectivity index (χ0v) is 27.1. The van der Waals surface area contributed by atoms with Crippen molar-refractivity contribution in [2.24, 2.45) is 11.7 Å². The molecule has 0 radical (unpaired) electrons. The molecule has 254 valence electrons. The number of thiazole rings is 1. The van der Waals surface area contributed by atoms with Gasteiger partial charge in [0.15, 0.2) is 22.2 Å². The predicted molar refractivity (Wildman–Crippen MR) is 179 cm³/mol. The first kappa shape index (κ1) is 34.7. The van der Waals surface area contributed by atoms with Crippen LogP contribution in [-0.4, -0.2) is 68.4 Å². The number of benzene rings is 3. The monoisotopic (exact) mass is 687 g/mol. The maximum absolute atomic E-state index is 14.4. The molecule has 14 heteroatoms. The van der Waals surface area contributed by atoms with Crippen molar-refractivity contribution in [1.82, 2.24) is 9.88 Å². The number of halogens is 1. The van der Waals surface area contributed by atoms with Gasteiger partial charge >= 0.3 is 17.9 Å². The van der Waals surface area contributed by atoms with Crippen molar-refractivity contribution in [2.45, 2.75) is 37.8 Å². The number of carboxylic acids is 2. The first-order chi connectivity index (χ1) is 23.5. The lowest BCUT2D eigenvalue weighted by Crippen LogP contribution is -2.61. The van der Waals surface area contributed by atoms with E-state index in [1.807, 2.05) is 4.90 Å². The molecule has 5 rings (SSSR count). The number of carbonyl (C=O) groups excluding carboxylic acids is 2. The van der Waals surface area contributed by atoms with E-state index in [1.54, 1.807) is 60.7 Å². The fourth-order valence-corrected chi connectivity index (χ4v) is 6.70. The summed E-state index contributed by atoms with van der Waals surface area (Å²) in [4.78, 5) is 60.0. The Morgan fingerprint density at radius 1 is 1.00 bits per heavy atom. The number of nitrogens with two attached hydrogens (primary N) is 1. The second-order valence-electron chi connectivity index (χ2n) is 11.7. The Bertz CT molecular complexity index is 1850. The van der Waals surface area contributed by atoms with Crippen LogP contribution in [0.25, 0.3) is 0 Å². The van der Waals surface area contributed by atoms with Crippen LogP contribution in [0.4, 0.5) is 9.52 Å². The normalized spacial score (nSPS) is 14.4. The molecule has 2 heterocycles. The first-order valence-corrected chi connectivity index (χ1v) is 16.2. The van der Waals surface area contributed by atoms with Gasteiger partial charge in [-0.25, -0.2) is 19.0 Å². The number of carboxylic acid groups (broad SMARTS) is 2. The van der Waals surface area contributed by atoms with Crippen molar-refractivity contribution >= 4 is 46.1 Å². The molecule has 1 aromatic heterocycles. The summed E-state index contributed by atoms with van der Waals surface area (Å²) >= 11 is 1.04. The summed E-state index contributed by atoms with van der Waals surface area (Å²) in [5, 5.41) is 28.5. The number of nitrogens with one attached hydrogen (secondary N) is 1. The fraction of sp³-hybridized carbons (Fsp3) is 0.257. The van der Waals surface area contributed by atoms with Crippen LogP contribution in [0.5, 0.6) is 5.75 Å². The molecule has 1 aliphatic heterocycles. The molecule has 1 atom stereocenters. The van der Waals surface area contributed by atoms with Gasteiger partial charge in [-0.15, -0.1) is 0 Å². The van der Waals surface area contributed by atoms with E-state index in [2.05, 4.69) is 4.98 Å². The third kappa shape index (κ3) is 8.09. The highest BCUT2D eigenvalue weighted by molar-refractivity contribution is 7.17. The highest BCUT2D eigenvalue weighted by atomic mass is 32.1. The quantitative estimate of drug-likeness (QED) is 0.0671. The number of nitrogen functional groups attached to an aromatic ring is 1. The van der Waals surface area contributed by atoms with Gasteiger partial charge in [0.2, 0.25) is 5.91 Å². The number of nitrogens with zero attached hydrogens (tertiary/aromatic N) is 3. The summed E-state index contributed by atoms with van der Waals surface area (Å²) in [7, 11) is 0. The molecule has 49 heavy (non-hydrogen) atoms. The van der Waals surface area contributed by atoms with Crippen molar-refractivity contribution in [3.63, 3.8) is 0 Å². The Balaban J connectivity index is 1.33. The van der Waals surface area contributed by atoms with Crippen LogP contribution in [0.1, 0.15) is 45.6 Å². The zero-order valence-electron chi connectivity index (χ0n) is 26.3. The number of amidine groups is 1. The van der Waals surface area contributed by atoms with Crippen LogP contribution in [0.3, 0.4) is 0 Å². The predicted octanol–water partition coefficient (Wildman–Crippen LogP) is 4.57. The molecule has 3 aromatic carbocycles. The van der Waals surface area contributed by atoms with E-state index in [-0.39, 0.29) is 35.0 Å². The lowest BCUT2D eigenvalue weighted by Gasteiger charge is -2.43. The third-order valence-corrected chi connectivity index (χ3v) is 9.44. The second-order valence-corrected chi connectivity index (χ2v) is 12.7. The molecule has 0 spiro atoms. The van der Waals surface area contributed by atoms with E-state index in [0.29, 0.717) is 42.2 Å². The summed E-state index contributed by atoms with van der Waals surface area (Å²) in [5.74, 6) is -6.12. The number of rotatable bonds is 13. The SMILES string of the molecule is N=C(N)c1ccc(OC(=O)c2cnc(N3CCC(C(=O)N(Cc4ccccc4)[C@](CC(=O)O)(Cc4ccccc4)C(=O)O)CC3)s2)c(F)c1. The van der Waals surface area contributed by atoms with E-state index in [4.69, 9.17) is 15.9 Å². The minimum atomic E-state index is -2.06. The molecule has 0 saturated carbocycles. The van der Waals surface area contributed by atoms with Crippen molar-refractivity contribution in [2.75, 3.05) is 18.0 Å². The van der Waals surface area contributed by atoms with Gasteiger partial charge in [-0.05, 0) is 42.2 Å². The van der Waals surface area contributed by atoms with Gasteiger partial charge in [-0.1, -0.05) is 72.0 Å². The first-order valence-electron chi connectivity index (χ1n) is 15.4.